The summed E-state index contributed by atoms with van der Waals surface area (Å²) >= 11 is 0. The van der Waals surface area contributed by atoms with E-state index < -0.39 is 11.2 Å². The molecule has 0 amide bonds. The molecule has 7 nitrogen and oxygen atoms in total. The summed E-state index contributed by atoms with van der Waals surface area (Å²) < 4.78 is 5.36. The molecule has 0 unspecified atom stereocenters. The number of likely N-dealkylation sites (tertiary alicyclic amines) is 1. The first-order chi connectivity index (χ1) is 16.9. The second kappa shape index (κ2) is 10.3. The maximum absolute atomic E-state index is 11.4. The van der Waals surface area contributed by atoms with Crippen LogP contribution in [-0.4, -0.2) is 104 Å². The second-order valence-electron chi connectivity index (χ2n) is 10.7. The van der Waals surface area contributed by atoms with E-state index in [0.717, 1.165) is 76.5 Å². The molecule has 0 aliphatic carbocycles. The van der Waals surface area contributed by atoms with E-state index in [1.807, 2.05) is 12.1 Å². The molecule has 0 aromatic heterocycles. The molecule has 3 aliphatic heterocycles. The van der Waals surface area contributed by atoms with Gasteiger partial charge in [0.25, 0.3) is 0 Å². The predicted octanol–water partition coefficient (Wildman–Crippen LogP) is 2.29. The van der Waals surface area contributed by atoms with E-state index in [0.29, 0.717) is 19.6 Å². The lowest BCUT2D eigenvalue weighted by molar-refractivity contribution is -0.0260. The number of benzene rings is 2. The maximum Gasteiger partial charge on any atom is 0.120 e. The molecule has 3 aliphatic rings. The van der Waals surface area contributed by atoms with Crippen molar-refractivity contribution in [1.29, 1.82) is 0 Å². The molecule has 3 heterocycles. The molecule has 35 heavy (non-hydrogen) atoms. The molecule has 0 saturated carbocycles. The van der Waals surface area contributed by atoms with Crippen molar-refractivity contribution in [3.63, 3.8) is 0 Å². The summed E-state index contributed by atoms with van der Waals surface area (Å²) in [4.78, 5) is 9.44. The Morgan fingerprint density at radius 3 is 2.03 bits per heavy atom. The smallest absolute Gasteiger partial charge is 0.120 e. The third kappa shape index (κ3) is 5.92. The number of piperidine rings is 1. The first-order valence-corrected chi connectivity index (χ1v) is 13.0. The van der Waals surface area contributed by atoms with Crippen molar-refractivity contribution >= 4 is 11.4 Å². The van der Waals surface area contributed by atoms with Crippen LogP contribution >= 0.6 is 0 Å². The van der Waals surface area contributed by atoms with Gasteiger partial charge in [-0.15, -0.1) is 0 Å². The quantitative estimate of drug-likeness (QED) is 0.631. The molecule has 2 N–H and O–H groups in total. The minimum atomic E-state index is -0.693. The molecule has 3 fully saturated rings. The Kier molecular flexibility index (Phi) is 7.21. The van der Waals surface area contributed by atoms with Gasteiger partial charge < -0.3 is 24.7 Å². The number of aliphatic hydroxyl groups is 2. The lowest BCUT2D eigenvalue weighted by Gasteiger charge is -2.42. The number of para-hydroxylation sites is 1. The van der Waals surface area contributed by atoms with Crippen molar-refractivity contribution < 1.29 is 14.9 Å². The van der Waals surface area contributed by atoms with Crippen LogP contribution in [0.2, 0.25) is 0 Å². The van der Waals surface area contributed by atoms with Crippen LogP contribution in [0.1, 0.15) is 19.3 Å². The van der Waals surface area contributed by atoms with Crippen molar-refractivity contribution in [3.8, 4) is 5.75 Å². The third-order valence-corrected chi connectivity index (χ3v) is 8.05. The molecule has 0 bridgehead atoms. The number of piperazine rings is 1. The van der Waals surface area contributed by atoms with Crippen LogP contribution in [-0.2, 0) is 0 Å². The van der Waals surface area contributed by atoms with Crippen molar-refractivity contribution in [3.05, 3.63) is 54.6 Å². The lowest BCUT2D eigenvalue weighted by atomic mass is 9.90. The largest absolute Gasteiger partial charge is 0.497 e. The molecule has 0 spiro atoms. The van der Waals surface area contributed by atoms with Gasteiger partial charge in [0.05, 0.1) is 18.3 Å². The van der Waals surface area contributed by atoms with Crippen LogP contribution in [0.25, 0.3) is 0 Å². The molecule has 190 valence electrons. The summed E-state index contributed by atoms with van der Waals surface area (Å²) in [5.41, 5.74) is 1.05. The van der Waals surface area contributed by atoms with Gasteiger partial charge in [-0.3, -0.25) is 9.80 Å². The fourth-order valence-corrected chi connectivity index (χ4v) is 5.99. The van der Waals surface area contributed by atoms with Crippen LogP contribution in [0, 0.1) is 0 Å². The average molecular weight is 481 g/mol. The molecule has 2 aromatic carbocycles. The van der Waals surface area contributed by atoms with E-state index >= 15 is 0 Å². The Bertz CT molecular complexity index is 958. The zero-order valence-electron chi connectivity index (χ0n) is 21.0. The van der Waals surface area contributed by atoms with Crippen molar-refractivity contribution in [2.45, 2.75) is 30.5 Å². The number of hydrogen-bond acceptors (Lipinski definition) is 7. The Morgan fingerprint density at radius 2 is 1.31 bits per heavy atom. The monoisotopic (exact) mass is 480 g/mol. The molecule has 5 rings (SSSR count). The summed E-state index contributed by atoms with van der Waals surface area (Å²) in [6, 6.07) is 18.7. The standard InChI is InChI=1S/C28H40N4O3/c1-35-26-9-5-8-25(20-26)31-14-11-27(33,12-15-31)21-30-13-10-28(34,23-30)22-29-16-18-32(19-17-29)24-6-3-2-4-7-24/h2-9,20,33-34H,10-19,21-23H2,1H3/t28-/m1/s1. The van der Waals surface area contributed by atoms with Gasteiger partial charge in [-0.2, -0.15) is 0 Å². The Hall–Kier alpha value is -2.32. The van der Waals surface area contributed by atoms with Crippen LogP contribution in [0.5, 0.6) is 5.75 Å². The van der Waals surface area contributed by atoms with E-state index in [9.17, 15) is 10.2 Å². The molecular formula is C28H40N4O3. The molecule has 1 atom stereocenters. The van der Waals surface area contributed by atoms with E-state index in [1.54, 1.807) is 7.11 Å². The number of rotatable bonds is 7. The highest BCUT2D eigenvalue weighted by atomic mass is 16.5. The lowest BCUT2D eigenvalue weighted by Crippen LogP contribution is -2.54. The van der Waals surface area contributed by atoms with E-state index in [4.69, 9.17) is 4.74 Å². The maximum atomic E-state index is 11.4. The Labute approximate surface area is 209 Å². The van der Waals surface area contributed by atoms with Gasteiger partial charge in [0.15, 0.2) is 0 Å². The van der Waals surface area contributed by atoms with Crippen molar-refractivity contribution in [2.75, 3.05) is 82.4 Å². The molecular weight excluding hydrogens is 440 g/mol. The SMILES string of the molecule is COc1cccc(N2CCC(O)(CN3CC[C@@](O)(CN4CCN(c5ccccc5)CC4)C3)CC2)c1. The van der Waals surface area contributed by atoms with Crippen LogP contribution in [0.4, 0.5) is 11.4 Å². The first-order valence-electron chi connectivity index (χ1n) is 13.0. The molecule has 3 saturated heterocycles. The minimum absolute atomic E-state index is 0.642. The molecule has 2 aromatic rings. The first kappa shape index (κ1) is 24.4. The van der Waals surface area contributed by atoms with Gasteiger partial charge in [0, 0.05) is 82.9 Å². The number of nitrogens with zero attached hydrogens (tertiary/aromatic N) is 4. The van der Waals surface area contributed by atoms with Gasteiger partial charge in [-0.05, 0) is 43.5 Å². The minimum Gasteiger partial charge on any atom is -0.497 e. The number of ether oxygens (including phenoxy) is 1. The summed E-state index contributed by atoms with van der Waals surface area (Å²) in [5.74, 6) is 0.862. The van der Waals surface area contributed by atoms with Gasteiger partial charge in [-0.25, -0.2) is 0 Å². The number of hydrogen-bond donors (Lipinski definition) is 2. The van der Waals surface area contributed by atoms with Gasteiger partial charge in [0.2, 0.25) is 0 Å². The normalized spacial score (nSPS) is 25.7. The fourth-order valence-electron chi connectivity index (χ4n) is 5.99. The fraction of sp³-hybridized carbons (Fsp3) is 0.571. The zero-order chi connectivity index (χ0) is 24.3. The Balaban J connectivity index is 1.08. The van der Waals surface area contributed by atoms with E-state index in [2.05, 4.69) is 62.1 Å². The second-order valence-corrected chi connectivity index (χ2v) is 10.7. The molecule has 0 radical (unpaired) electrons. The highest BCUT2D eigenvalue weighted by molar-refractivity contribution is 5.51. The summed E-state index contributed by atoms with van der Waals surface area (Å²) in [7, 11) is 1.69. The van der Waals surface area contributed by atoms with Gasteiger partial charge >= 0.3 is 0 Å². The van der Waals surface area contributed by atoms with Gasteiger partial charge in [0.1, 0.15) is 5.75 Å². The van der Waals surface area contributed by atoms with E-state index in [-0.39, 0.29) is 0 Å². The highest BCUT2D eigenvalue weighted by Gasteiger charge is 2.42. The Morgan fingerprint density at radius 1 is 0.686 bits per heavy atom. The average Bonchev–Trinajstić information content (AvgIpc) is 3.24. The van der Waals surface area contributed by atoms with Crippen molar-refractivity contribution in [1.82, 2.24) is 9.80 Å². The summed E-state index contributed by atoms with van der Waals surface area (Å²) in [6.07, 6.45) is 2.25. The topological polar surface area (TPSA) is 62.7 Å². The highest BCUT2D eigenvalue weighted by Crippen LogP contribution is 2.31. The molecule has 7 heteroatoms. The zero-order valence-corrected chi connectivity index (χ0v) is 21.0. The van der Waals surface area contributed by atoms with Crippen LogP contribution in [0.3, 0.4) is 0 Å². The summed E-state index contributed by atoms with van der Waals surface area (Å²) in [6.45, 7) is 8.44. The van der Waals surface area contributed by atoms with Crippen molar-refractivity contribution in [2.24, 2.45) is 0 Å². The number of β-amino-alcohol motifs (C(OH)–C–C–N with tert-alkyl or cyclic N) is 2. The summed E-state index contributed by atoms with van der Waals surface area (Å²) in [5, 5.41) is 22.7. The number of methoxy groups -OCH3 is 1. The van der Waals surface area contributed by atoms with Crippen LogP contribution < -0.4 is 14.5 Å². The number of anilines is 2. The predicted molar refractivity (Wildman–Crippen MR) is 140 cm³/mol. The van der Waals surface area contributed by atoms with Crippen LogP contribution in [0.15, 0.2) is 54.6 Å². The van der Waals surface area contributed by atoms with E-state index in [1.165, 1.54) is 5.69 Å². The van der Waals surface area contributed by atoms with Gasteiger partial charge in [-0.1, -0.05) is 24.3 Å². The third-order valence-electron chi connectivity index (χ3n) is 8.05.